The predicted octanol–water partition coefficient (Wildman–Crippen LogP) is 0.0571. The minimum atomic E-state index is -0.562. The van der Waals surface area contributed by atoms with Gasteiger partial charge >= 0.3 is 0 Å². The highest BCUT2D eigenvalue weighted by Crippen LogP contribution is 2.27. The largest absolute Gasteiger partial charge is 0.350 e. The van der Waals surface area contributed by atoms with Gasteiger partial charge in [-0.1, -0.05) is 0 Å². The fourth-order valence-corrected chi connectivity index (χ4v) is 3.07. The van der Waals surface area contributed by atoms with Crippen LogP contribution in [0, 0.1) is 0 Å². The van der Waals surface area contributed by atoms with Crippen LogP contribution in [-0.4, -0.2) is 47.3 Å². The maximum absolute atomic E-state index is 12.4. The van der Waals surface area contributed by atoms with Crippen molar-refractivity contribution in [1.29, 1.82) is 0 Å². The summed E-state index contributed by atoms with van der Waals surface area (Å²) in [6.45, 7) is 12.6. The Morgan fingerprint density at radius 1 is 0.889 bits per heavy atom. The van der Waals surface area contributed by atoms with Crippen molar-refractivity contribution < 1.29 is 19.2 Å². The van der Waals surface area contributed by atoms with E-state index in [2.05, 4.69) is 21.3 Å². The third kappa shape index (κ3) is 3.89. The van der Waals surface area contributed by atoms with Gasteiger partial charge in [0, 0.05) is 12.6 Å². The van der Waals surface area contributed by atoms with E-state index in [9.17, 15) is 19.2 Å². The van der Waals surface area contributed by atoms with Gasteiger partial charge in [-0.15, -0.1) is 0 Å². The van der Waals surface area contributed by atoms with E-state index in [4.69, 9.17) is 0 Å². The van der Waals surface area contributed by atoms with Gasteiger partial charge in [-0.3, -0.25) is 19.2 Å². The number of hydrogen-bond donors (Lipinski definition) is 4. The number of nitrogens with one attached hydrogen (secondary N) is 4. The summed E-state index contributed by atoms with van der Waals surface area (Å²) in [5, 5.41) is 10.9. The average Bonchev–Trinajstić information content (AvgIpc) is 2.84. The minimum Gasteiger partial charge on any atom is -0.350 e. The van der Waals surface area contributed by atoms with Crippen LogP contribution in [0.4, 0.5) is 0 Å². The molecule has 8 nitrogen and oxygen atoms in total. The highest BCUT2D eigenvalue weighted by Gasteiger charge is 2.39. The smallest absolute Gasteiger partial charge is 0.257 e. The third-order valence-electron chi connectivity index (χ3n) is 5.33. The molecule has 4 N–H and O–H groups in total. The Hall–Kier alpha value is -2.64. The van der Waals surface area contributed by atoms with Crippen molar-refractivity contribution in [3.8, 4) is 0 Å². The quantitative estimate of drug-likeness (QED) is 0.508. The summed E-state index contributed by atoms with van der Waals surface area (Å²) in [6, 6.07) is -0.420. The molecule has 1 atom stereocenters. The lowest BCUT2D eigenvalue weighted by Gasteiger charge is -2.19. The van der Waals surface area contributed by atoms with Crippen LogP contribution in [0.5, 0.6) is 0 Å². The van der Waals surface area contributed by atoms with Gasteiger partial charge in [-0.05, 0) is 59.6 Å². The van der Waals surface area contributed by atoms with E-state index < -0.39 is 40.7 Å². The molecule has 0 bridgehead atoms. The van der Waals surface area contributed by atoms with E-state index in [0.29, 0.717) is 11.1 Å². The van der Waals surface area contributed by atoms with Crippen LogP contribution in [0.2, 0.25) is 0 Å². The first-order chi connectivity index (χ1) is 12.3. The number of carbonyl (C=O) groups excluding carboxylic acids is 4. The first-order valence-corrected chi connectivity index (χ1v) is 8.94. The van der Waals surface area contributed by atoms with Gasteiger partial charge in [-0.2, -0.15) is 0 Å². The molecule has 8 heteroatoms. The first-order valence-electron chi connectivity index (χ1n) is 8.94. The normalized spacial score (nSPS) is 21.7. The monoisotopic (exact) mass is 376 g/mol. The van der Waals surface area contributed by atoms with E-state index in [1.165, 1.54) is 0 Å². The SMILES string of the molecule is CC1=C(C(=O)NCC(C)NC(=O)C2=C(C)C(C)(C)NC2=O)C(=O)NC1(C)C. The molecule has 27 heavy (non-hydrogen) atoms. The average molecular weight is 376 g/mol. The molecule has 2 rings (SSSR count). The fourth-order valence-electron chi connectivity index (χ4n) is 3.07. The van der Waals surface area contributed by atoms with Gasteiger partial charge in [0.25, 0.3) is 23.6 Å². The van der Waals surface area contributed by atoms with Crippen LogP contribution in [0.1, 0.15) is 48.5 Å². The lowest BCUT2D eigenvalue weighted by atomic mass is 9.95. The Bertz CT molecular complexity index is 790. The molecular weight excluding hydrogens is 348 g/mol. The molecule has 2 heterocycles. The number of amides is 4. The second-order valence-corrected chi connectivity index (χ2v) is 8.24. The zero-order valence-electron chi connectivity index (χ0n) is 16.9. The van der Waals surface area contributed by atoms with Crippen LogP contribution in [-0.2, 0) is 19.2 Å². The highest BCUT2D eigenvalue weighted by molar-refractivity contribution is 6.22. The van der Waals surface area contributed by atoms with Crippen molar-refractivity contribution in [3.63, 3.8) is 0 Å². The summed E-state index contributed by atoms with van der Waals surface area (Å²) >= 11 is 0. The Kier molecular flexibility index (Phi) is 5.23. The molecule has 0 saturated carbocycles. The van der Waals surface area contributed by atoms with Gasteiger partial charge in [0.1, 0.15) is 11.1 Å². The molecule has 1 unspecified atom stereocenters. The second-order valence-electron chi connectivity index (χ2n) is 8.24. The first kappa shape index (κ1) is 20.7. The molecular formula is C19H28N4O4. The molecule has 0 spiro atoms. The third-order valence-corrected chi connectivity index (χ3v) is 5.33. The zero-order chi connectivity index (χ0) is 20.7. The Morgan fingerprint density at radius 3 is 1.67 bits per heavy atom. The van der Waals surface area contributed by atoms with Crippen LogP contribution in [0.25, 0.3) is 0 Å². The second kappa shape index (κ2) is 6.83. The van der Waals surface area contributed by atoms with E-state index in [1.807, 2.05) is 27.7 Å². The molecule has 0 aromatic heterocycles. The predicted molar refractivity (Wildman–Crippen MR) is 100 cm³/mol. The van der Waals surface area contributed by atoms with Crippen LogP contribution in [0.15, 0.2) is 22.3 Å². The number of carbonyl (C=O) groups is 4. The maximum atomic E-state index is 12.4. The Labute approximate surface area is 159 Å². The van der Waals surface area contributed by atoms with Crippen LogP contribution < -0.4 is 21.3 Å². The van der Waals surface area contributed by atoms with E-state index in [-0.39, 0.29) is 17.7 Å². The fraction of sp³-hybridized carbons (Fsp3) is 0.579. The molecule has 0 aromatic rings. The molecule has 0 aliphatic carbocycles. The van der Waals surface area contributed by atoms with E-state index >= 15 is 0 Å². The molecule has 0 saturated heterocycles. The zero-order valence-corrected chi connectivity index (χ0v) is 16.9. The molecule has 0 fully saturated rings. The molecule has 2 aliphatic rings. The van der Waals surface area contributed by atoms with Crippen molar-refractivity contribution in [1.82, 2.24) is 21.3 Å². The molecule has 0 radical (unpaired) electrons. The van der Waals surface area contributed by atoms with Crippen molar-refractivity contribution >= 4 is 23.6 Å². The van der Waals surface area contributed by atoms with Gasteiger partial charge in [-0.25, -0.2) is 0 Å². The standard InChI is InChI=1S/C19H28N4O4/c1-9(21-15(25)13-11(3)19(6,7)23-17(13)27)8-20-14(24)12-10(2)18(4,5)22-16(12)26/h9H,8H2,1-7H3,(H,20,24)(H,21,25)(H,22,26)(H,23,27). The topological polar surface area (TPSA) is 116 Å². The van der Waals surface area contributed by atoms with E-state index in [0.717, 1.165) is 0 Å². The highest BCUT2D eigenvalue weighted by atomic mass is 16.2. The summed E-state index contributed by atoms with van der Waals surface area (Å²) in [6.07, 6.45) is 0. The molecule has 2 aliphatic heterocycles. The Morgan fingerprint density at radius 2 is 1.30 bits per heavy atom. The van der Waals surface area contributed by atoms with Crippen molar-refractivity contribution in [2.75, 3.05) is 6.54 Å². The lowest BCUT2D eigenvalue weighted by molar-refractivity contribution is -0.125. The van der Waals surface area contributed by atoms with Gasteiger partial charge < -0.3 is 21.3 Å². The van der Waals surface area contributed by atoms with E-state index in [1.54, 1.807) is 20.8 Å². The van der Waals surface area contributed by atoms with Crippen LogP contribution in [0.3, 0.4) is 0 Å². The van der Waals surface area contributed by atoms with Crippen LogP contribution >= 0.6 is 0 Å². The molecule has 4 amide bonds. The molecule has 148 valence electrons. The number of hydrogen-bond acceptors (Lipinski definition) is 4. The van der Waals surface area contributed by atoms with Crippen molar-refractivity contribution in [2.24, 2.45) is 0 Å². The summed E-state index contributed by atoms with van der Waals surface area (Å²) in [5.74, 6) is -1.77. The van der Waals surface area contributed by atoms with Gasteiger partial charge in [0.05, 0.1) is 11.1 Å². The lowest BCUT2D eigenvalue weighted by Crippen LogP contribution is -2.44. The summed E-state index contributed by atoms with van der Waals surface area (Å²) in [5.41, 5.74) is 0.436. The number of rotatable bonds is 5. The molecule has 0 aromatic carbocycles. The van der Waals surface area contributed by atoms with Gasteiger partial charge in [0.2, 0.25) is 0 Å². The van der Waals surface area contributed by atoms with Crippen molar-refractivity contribution in [3.05, 3.63) is 22.3 Å². The minimum absolute atomic E-state index is 0.105. The summed E-state index contributed by atoms with van der Waals surface area (Å²) in [4.78, 5) is 48.9. The Balaban J connectivity index is 1.98. The summed E-state index contributed by atoms with van der Waals surface area (Å²) < 4.78 is 0. The van der Waals surface area contributed by atoms with Gasteiger partial charge in [0.15, 0.2) is 0 Å². The van der Waals surface area contributed by atoms with Crippen molar-refractivity contribution in [2.45, 2.75) is 65.6 Å². The maximum Gasteiger partial charge on any atom is 0.257 e. The summed E-state index contributed by atoms with van der Waals surface area (Å²) in [7, 11) is 0.